The standard InChI is InChI=1S/C11H8N2OS/c1-2-5-9-8(4-1)12-11(13-9)14-10-6-3-7-15-10/h1-7H,(H,12,13). The highest BCUT2D eigenvalue weighted by atomic mass is 32.1. The molecule has 15 heavy (non-hydrogen) atoms. The van der Waals surface area contributed by atoms with E-state index in [4.69, 9.17) is 4.74 Å². The number of H-pyrrole nitrogens is 1. The number of nitrogens with zero attached hydrogens (tertiary/aromatic N) is 1. The van der Waals surface area contributed by atoms with Gasteiger partial charge in [-0.3, -0.25) is 0 Å². The first-order valence-electron chi connectivity index (χ1n) is 4.58. The van der Waals surface area contributed by atoms with Crippen molar-refractivity contribution in [2.45, 2.75) is 0 Å². The lowest BCUT2D eigenvalue weighted by atomic mass is 10.3. The monoisotopic (exact) mass is 216 g/mol. The summed E-state index contributed by atoms with van der Waals surface area (Å²) < 4.78 is 5.56. The van der Waals surface area contributed by atoms with E-state index in [1.807, 2.05) is 41.8 Å². The third-order valence-corrected chi connectivity index (χ3v) is 2.80. The zero-order valence-electron chi connectivity index (χ0n) is 7.81. The van der Waals surface area contributed by atoms with Gasteiger partial charge in [0.2, 0.25) is 0 Å². The van der Waals surface area contributed by atoms with Gasteiger partial charge < -0.3 is 9.72 Å². The number of para-hydroxylation sites is 2. The molecular formula is C11H8N2OS. The van der Waals surface area contributed by atoms with Gasteiger partial charge in [0, 0.05) is 0 Å². The average molecular weight is 216 g/mol. The van der Waals surface area contributed by atoms with E-state index in [9.17, 15) is 0 Å². The van der Waals surface area contributed by atoms with Crippen molar-refractivity contribution < 1.29 is 4.74 Å². The molecule has 0 aliphatic heterocycles. The van der Waals surface area contributed by atoms with Crippen LogP contribution in [0.4, 0.5) is 0 Å². The predicted molar refractivity (Wildman–Crippen MR) is 60.5 cm³/mol. The maximum Gasteiger partial charge on any atom is 0.301 e. The Bertz CT molecular complexity index is 538. The average Bonchev–Trinajstić information content (AvgIpc) is 2.86. The van der Waals surface area contributed by atoms with Crippen LogP contribution in [0, 0.1) is 0 Å². The van der Waals surface area contributed by atoms with Crippen molar-refractivity contribution in [1.29, 1.82) is 0 Å². The SMILES string of the molecule is c1csc(Oc2nc3ccccc3[nH]2)c1. The van der Waals surface area contributed by atoms with Crippen molar-refractivity contribution in [3.8, 4) is 11.1 Å². The van der Waals surface area contributed by atoms with Gasteiger partial charge in [0.1, 0.15) is 0 Å². The van der Waals surface area contributed by atoms with Gasteiger partial charge in [0.15, 0.2) is 5.06 Å². The van der Waals surface area contributed by atoms with Crippen LogP contribution in [0.5, 0.6) is 11.1 Å². The van der Waals surface area contributed by atoms with Crippen LogP contribution in [0.15, 0.2) is 41.8 Å². The highest BCUT2D eigenvalue weighted by molar-refractivity contribution is 7.11. The van der Waals surface area contributed by atoms with Gasteiger partial charge in [-0.2, -0.15) is 4.98 Å². The van der Waals surface area contributed by atoms with E-state index in [0.29, 0.717) is 6.01 Å². The molecule has 3 aromatic rings. The van der Waals surface area contributed by atoms with Crippen LogP contribution >= 0.6 is 11.3 Å². The lowest BCUT2D eigenvalue weighted by Gasteiger charge is -1.94. The minimum atomic E-state index is 0.540. The second kappa shape index (κ2) is 3.40. The van der Waals surface area contributed by atoms with Gasteiger partial charge in [0.05, 0.1) is 11.0 Å². The van der Waals surface area contributed by atoms with Gasteiger partial charge in [-0.1, -0.05) is 12.1 Å². The van der Waals surface area contributed by atoms with Crippen LogP contribution in [0.3, 0.4) is 0 Å². The largest absolute Gasteiger partial charge is 0.415 e. The zero-order chi connectivity index (χ0) is 10.1. The van der Waals surface area contributed by atoms with Crippen LogP contribution in [0.25, 0.3) is 11.0 Å². The quantitative estimate of drug-likeness (QED) is 0.712. The van der Waals surface area contributed by atoms with E-state index < -0.39 is 0 Å². The summed E-state index contributed by atoms with van der Waals surface area (Å²) in [5, 5.41) is 2.81. The van der Waals surface area contributed by atoms with Crippen LogP contribution < -0.4 is 4.74 Å². The molecule has 0 atom stereocenters. The van der Waals surface area contributed by atoms with Crippen molar-refractivity contribution in [3.05, 3.63) is 41.8 Å². The van der Waals surface area contributed by atoms with Crippen molar-refractivity contribution >= 4 is 22.4 Å². The first-order valence-corrected chi connectivity index (χ1v) is 5.46. The molecule has 1 aromatic carbocycles. The van der Waals surface area contributed by atoms with E-state index in [2.05, 4.69) is 9.97 Å². The summed E-state index contributed by atoms with van der Waals surface area (Å²) in [4.78, 5) is 7.42. The summed E-state index contributed by atoms with van der Waals surface area (Å²) in [5.41, 5.74) is 1.91. The summed E-state index contributed by atoms with van der Waals surface area (Å²) in [6.07, 6.45) is 0. The number of rotatable bonds is 2. The lowest BCUT2D eigenvalue weighted by molar-refractivity contribution is 0.462. The Morgan fingerprint density at radius 3 is 2.87 bits per heavy atom. The van der Waals surface area contributed by atoms with Crippen molar-refractivity contribution in [3.63, 3.8) is 0 Å². The van der Waals surface area contributed by atoms with Crippen LogP contribution in [-0.4, -0.2) is 9.97 Å². The number of aromatic amines is 1. The number of imidazole rings is 1. The zero-order valence-corrected chi connectivity index (χ0v) is 8.62. The minimum Gasteiger partial charge on any atom is -0.415 e. The Balaban J connectivity index is 1.98. The topological polar surface area (TPSA) is 37.9 Å². The normalized spacial score (nSPS) is 10.7. The fourth-order valence-electron chi connectivity index (χ4n) is 1.39. The number of hydrogen-bond acceptors (Lipinski definition) is 3. The minimum absolute atomic E-state index is 0.540. The summed E-state index contributed by atoms with van der Waals surface area (Å²) in [6.45, 7) is 0. The van der Waals surface area contributed by atoms with E-state index in [-0.39, 0.29) is 0 Å². The third-order valence-electron chi connectivity index (χ3n) is 2.06. The Morgan fingerprint density at radius 1 is 1.13 bits per heavy atom. The Kier molecular flexibility index (Phi) is 1.93. The maximum atomic E-state index is 5.56. The highest BCUT2D eigenvalue weighted by Gasteiger charge is 2.03. The molecule has 0 saturated carbocycles. The molecule has 0 spiro atoms. The van der Waals surface area contributed by atoms with Crippen LogP contribution in [-0.2, 0) is 0 Å². The molecule has 0 aliphatic rings. The number of nitrogens with one attached hydrogen (secondary N) is 1. The number of aromatic nitrogens is 2. The van der Waals surface area contributed by atoms with Gasteiger partial charge >= 0.3 is 6.01 Å². The highest BCUT2D eigenvalue weighted by Crippen LogP contribution is 2.25. The van der Waals surface area contributed by atoms with E-state index in [1.54, 1.807) is 11.3 Å². The summed E-state index contributed by atoms with van der Waals surface area (Å²) in [7, 11) is 0. The molecule has 74 valence electrons. The summed E-state index contributed by atoms with van der Waals surface area (Å²) in [6, 6.07) is 12.3. The molecular weight excluding hydrogens is 208 g/mol. The van der Waals surface area contributed by atoms with Crippen LogP contribution in [0.1, 0.15) is 0 Å². The summed E-state index contributed by atoms with van der Waals surface area (Å²) >= 11 is 1.55. The Morgan fingerprint density at radius 2 is 2.07 bits per heavy atom. The molecule has 0 fully saturated rings. The second-order valence-electron chi connectivity index (χ2n) is 3.09. The number of fused-ring (bicyclic) bond motifs is 1. The molecule has 0 unspecified atom stereocenters. The number of hydrogen-bond donors (Lipinski definition) is 1. The Hall–Kier alpha value is -1.81. The van der Waals surface area contributed by atoms with E-state index in [1.165, 1.54) is 0 Å². The van der Waals surface area contributed by atoms with Gasteiger partial charge in [-0.25, -0.2) is 0 Å². The number of benzene rings is 1. The molecule has 0 radical (unpaired) electrons. The number of ether oxygens (including phenoxy) is 1. The molecule has 0 saturated heterocycles. The molecule has 0 bridgehead atoms. The Labute approximate surface area is 90.4 Å². The molecule has 2 heterocycles. The van der Waals surface area contributed by atoms with E-state index in [0.717, 1.165) is 16.1 Å². The molecule has 0 aliphatic carbocycles. The molecule has 3 nitrogen and oxygen atoms in total. The van der Waals surface area contributed by atoms with Crippen molar-refractivity contribution in [1.82, 2.24) is 9.97 Å². The predicted octanol–water partition coefficient (Wildman–Crippen LogP) is 3.42. The van der Waals surface area contributed by atoms with Gasteiger partial charge in [-0.15, -0.1) is 11.3 Å². The number of thiophene rings is 1. The molecule has 2 aromatic heterocycles. The third kappa shape index (κ3) is 1.59. The smallest absolute Gasteiger partial charge is 0.301 e. The maximum absolute atomic E-state index is 5.56. The second-order valence-corrected chi connectivity index (χ2v) is 4.00. The van der Waals surface area contributed by atoms with E-state index >= 15 is 0 Å². The fourth-order valence-corrected chi connectivity index (χ4v) is 1.97. The van der Waals surface area contributed by atoms with Gasteiger partial charge in [-0.05, 0) is 29.6 Å². The molecule has 4 heteroatoms. The molecule has 1 N–H and O–H groups in total. The van der Waals surface area contributed by atoms with Crippen molar-refractivity contribution in [2.24, 2.45) is 0 Å². The lowest BCUT2D eigenvalue weighted by Crippen LogP contribution is -1.81. The van der Waals surface area contributed by atoms with Crippen molar-refractivity contribution in [2.75, 3.05) is 0 Å². The molecule has 3 rings (SSSR count). The first-order chi connectivity index (χ1) is 7.42. The first kappa shape index (κ1) is 8.49. The van der Waals surface area contributed by atoms with Crippen LogP contribution in [0.2, 0.25) is 0 Å². The van der Waals surface area contributed by atoms with Gasteiger partial charge in [0.25, 0.3) is 0 Å². The summed E-state index contributed by atoms with van der Waals surface area (Å²) in [5.74, 6) is 0. The molecule has 0 amide bonds. The fraction of sp³-hybridized carbons (Fsp3) is 0.